The summed E-state index contributed by atoms with van der Waals surface area (Å²) in [6.07, 6.45) is 4.41. The maximum atomic E-state index is 2.31. The summed E-state index contributed by atoms with van der Waals surface area (Å²) in [4.78, 5) is 0. The monoisotopic (exact) mass is 252 g/mol. The van der Waals surface area contributed by atoms with E-state index >= 15 is 0 Å². The highest BCUT2D eigenvalue weighted by molar-refractivity contribution is 6.15. The molecule has 0 aromatic heterocycles. The molecule has 0 spiro atoms. The van der Waals surface area contributed by atoms with E-state index in [-0.39, 0.29) is 0 Å². The van der Waals surface area contributed by atoms with E-state index in [1.807, 2.05) is 6.07 Å². The van der Waals surface area contributed by atoms with Crippen LogP contribution in [0.2, 0.25) is 0 Å². The van der Waals surface area contributed by atoms with Crippen molar-refractivity contribution in [3.05, 3.63) is 71.3 Å². The van der Waals surface area contributed by atoms with E-state index in [2.05, 4.69) is 74.5 Å². The van der Waals surface area contributed by atoms with Gasteiger partial charge in [0, 0.05) is 10.2 Å². The predicted octanol–water partition coefficient (Wildman–Crippen LogP) is 3.46. The molecule has 0 nitrogen and oxygen atoms in total. The Morgan fingerprint density at radius 2 is 1.44 bits per heavy atom. The Bertz CT molecular complexity index is 533. The quantitative estimate of drug-likeness (QED) is 0.580. The van der Waals surface area contributed by atoms with Gasteiger partial charge in [-0.2, -0.15) is 0 Å². The highest BCUT2D eigenvalue weighted by Crippen LogP contribution is 2.24. The molecular weight excluding hydrogens is 232 g/mol. The molecule has 0 saturated carbocycles. The van der Waals surface area contributed by atoms with Crippen molar-refractivity contribution < 1.29 is 0 Å². The Labute approximate surface area is 113 Å². The number of hydrogen-bond donors (Lipinski definition) is 0. The van der Waals surface area contributed by atoms with Crippen molar-refractivity contribution in [3.8, 4) is 0 Å². The lowest BCUT2D eigenvalue weighted by Gasteiger charge is -2.21. The van der Waals surface area contributed by atoms with Gasteiger partial charge in [-0.15, -0.1) is 0 Å². The van der Waals surface area contributed by atoms with Gasteiger partial charge in [0.05, 0.1) is 0 Å². The first kappa shape index (κ1) is 12.8. The number of rotatable bonds is 3. The second-order valence-electron chi connectivity index (χ2n) is 5.58. The highest BCUT2D eigenvalue weighted by Gasteiger charge is 2.15. The zero-order valence-corrected chi connectivity index (χ0v) is 13.4. The van der Waals surface area contributed by atoms with Crippen LogP contribution in [0.25, 0.3) is 12.2 Å². The van der Waals surface area contributed by atoms with Gasteiger partial charge in [0.15, 0.2) is 0 Å². The van der Waals surface area contributed by atoms with Gasteiger partial charge in [-0.3, -0.25) is 0 Å². The van der Waals surface area contributed by atoms with Gasteiger partial charge in [-0.25, -0.2) is 0 Å². The van der Waals surface area contributed by atoms with Crippen molar-refractivity contribution in [1.82, 2.24) is 0 Å². The van der Waals surface area contributed by atoms with Crippen LogP contribution < -0.4 is 0 Å². The molecule has 0 aliphatic heterocycles. The Kier molecular flexibility index (Phi) is 3.83. The SMILES string of the molecule is CC(C)([SiH3])c1ccccc1C=Cc1ccccc1. The minimum absolute atomic E-state index is 0.317. The molecule has 1 heteroatoms. The largest absolute Gasteiger partial charge is 0.0622 e. The Hall–Kier alpha value is -1.60. The van der Waals surface area contributed by atoms with Crippen molar-refractivity contribution in [1.29, 1.82) is 0 Å². The molecule has 0 atom stereocenters. The first-order valence-corrected chi connectivity index (χ1v) is 7.40. The Morgan fingerprint density at radius 1 is 0.833 bits per heavy atom. The fourth-order valence-corrected chi connectivity index (χ4v) is 2.53. The summed E-state index contributed by atoms with van der Waals surface area (Å²) in [5.41, 5.74) is 4.03. The summed E-state index contributed by atoms with van der Waals surface area (Å²) in [7, 11) is 1.16. The third-order valence-corrected chi connectivity index (χ3v) is 3.56. The van der Waals surface area contributed by atoms with Crippen LogP contribution in [0.4, 0.5) is 0 Å². The minimum atomic E-state index is 0.317. The molecule has 0 aliphatic carbocycles. The molecular formula is C17H20Si. The highest BCUT2D eigenvalue weighted by atomic mass is 28.1. The smallest absolute Gasteiger partial charge is 0.0155 e. The van der Waals surface area contributed by atoms with Crippen molar-refractivity contribution >= 4 is 22.4 Å². The van der Waals surface area contributed by atoms with Crippen molar-refractivity contribution in [2.24, 2.45) is 0 Å². The summed E-state index contributed by atoms with van der Waals surface area (Å²) < 4.78 is 0. The third kappa shape index (κ3) is 3.20. The summed E-state index contributed by atoms with van der Waals surface area (Å²) in [6, 6.07) is 19.1. The molecule has 0 heterocycles. The number of benzene rings is 2. The van der Waals surface area contributed by atoms with Crippen LogP contribution in [-0.4, -0.2) is 10.2 Å². The fraction of sp³-hybridized carbons (Fsp3) is 0.176. The topological polar surface area (TPSA) is 0 Å². The Morgan fingerprint density at radius 3 is 2.11 bits per heavy atom. The molecule has 0 amide bonds. The van der Waals surface area contributed by atoms with Gasteiger partial charge in [0.1, 0.15) is 0 Å². The first-order chi connectivity index (χ1) is 8.57. The van der Waals surface area contributed by atoms with Gasteiger partial charge in [-0.05, 0) is 21.7 Å². The molecule has 2 rings (SSSR count). The van der Waals surface area contributed by atoms with E-state index in [4.69, 9.17) is 0 Å². The molecule has 0 fully saturated rings. The Balaban J connectivity index is 2.33. The van der Waals surface area contributed by atoms with E-state index < -0.39 is 0 Å². The molecule has 0 saturated heterocycles. The molecule has 92 valence electrons. The van der Waals surface area contributed by atoms with Crippen LogP contribution in [0.15, 0.2) is 54.6 Å². The molecule has 18 heavy (non-hydrogen) atoms. The maximum absolute atomic E-state index is 2.31. The van der Waals surface area contributed by atoms with Gasteiger partial charge >= 0.3 is 0 Å². The van der Waals surface area contributed by atoms with E-state index in [0.717, 1.165) is 10.2 Å². The van der Waals surface area contributed by atoms with Crippen molar-refractivity contribution in [2.75, 3.05) is 0 Å². The standard InChI is InChI=1S/C17H20Si/c1-17(2,18)16-11-7-6-10-15(16)13-12-14-8-4-3-5-9-14/h3-13H,1-2,18H3. The molecule has 0 aliphatic rings. The second-order valence-corrected chi connectivity index (χ2v) is 8.08. The van der Waals surface area contributed by atoms with Crippen LogP contribution >= 0.6 is 0 Å². The van der Waals surface area contributed by atoms with Gasteiger partial charge < -0.3 is 0 Å². The zero-order valence-electron chi connectivity index (χ0n) is 11.4. The minimum Gasteiger partial charge on any atom is -0.0622 e. The van der Waals surface area contributed by atoms with Gasteiger partial charge in [0.25, 0.3) is 0 Å². The summed E-state index contributed by atoms with van der Waals surface area (Å²) in [5, 5.41) is 0.317. The van der Waals surface area contributed by atoms with Gasteiger partial charge in [-0.1, -0.05) is 80.6 Å². The molecule has 2 aromatic rings. The average Bonchev–Trinajstić information content (AvgIpc) is 2.37. The first-order valence-electron chi connectivity index (χ1n) is 6.40. The van der Waals surface area contributed by atoms with Crippen LogP contribution in [-0.2, 0) is 5.04 Å². The van der Waals surface area contributed by atoms with E-state index in [0.29, 0.717) is 5.04 Å². The molecule has 0 radical (unpaired) electrons. The zero-order chi connectivity index (χ0) is 13.0. The summed E-state index contributed by atoms with van der Waals surface area (Å²) in [6.45, 7) is 4.63. The van der Waals surface area contributed by atoms with Crippen LogP contribution in [0.5, 0.6) is 0 Å². The fourth-order valence-electron chi connectivity index (χ4n) is 2.08. The van der Waals surface area contributed by atoms with Crippen LogP contribution in [0.1, 0.15) is 30.5 Å². The van der Waals surface area contributed by atoms with Crippen LogP contribution in [0.3, 0.4) is 0 Å². The molecule has 0 bridgehead atoms. The predicted molar refractivity (Wildman–Crippen MR) is 84.8 cm³/mol. The summed E-state index contributed by atoms with van der Waals surface area (Å²) >= 11 is 0. The third-order valence-electron chi connectivity index (χ3n) is 3.02. The van der Waals surface area contributed by atoms with E-state index in [1.54, 1.807) is 0 Å². The van der Waals surface area contributed by atoms with Crippen LogP contribution in [0, 0.1) is 0 Å². The lowest BCUT2D eigenvalue weighted by molar-refractivity contribution is 0.762. The van der Waals surface area contributed by atoms with Crippen molar-refractivity contribution in [3.63, 3.8) is 0 Å². The molecule has 0 unspecified atom stereocenters. The number of hydrogen-bond acceptors (Lipinski definition) is 0. The average molecular weight is 252 g/mol. The van der Waals surface area contributed by atoms with Gasteiger partial charge in [0.2, 0.25) is 0 Å². The maximum Gasteiger partial charge on any atom is 0.0155 e. The molecule has 0 N–H and O–H groups in total. The lowest BCUT2D eigenvalue weighted by atomic mass is 9.95. The van der Waals surface area contributed by atoms with E-state index in [9.17, 15) is 0 Å². The second kappa shape index (κ2) is 5.36. The van der Waals surface area contributed by atoms with Crippen molar-refractivity contribution in [2.45, 2.75) is 18.9 Å². The van der Waals surface area contributed by atoms with E-state index in [1.165, 1.54) is 16.7 Å². The summed E-state index contributed by atoms with van der Waals surface area (Å²) in [5.74, 6) is 0. The lowest BCUT2D eigenvalue weighted by Crippen LogP contribution is -2.17. The normalized spacial score (nSPS) is 12.1. The molecule has 2 aromatic carbocycles.